The third-order valence-electron chi connectivity index (χ3n) is 4.83. The third-order valence-corrected chi connectivity index (χ3v) is 5.18. The minimum absolute atomic E-state index is 0.121. The van der Waals surface area contributed by atoms with E-state index in [1.54, 1.807) is 66.7 Å². The maximum absolute atomic E-state index is 13.2. The summed E-state index contributed by atoms with van der Waals surface area (Å²) in [5, 5.41) is 0.786. The number of carbonyl (C=O) groups is 1. The highest BCUT2D eigenvalue weighted by atomic mass is 35.5. The molecule has 8 heteroatoms. The van der Waals surface area contributed by atoms with Crippen molar-refractivity contribution in [1.29, 1.82) is 0 Å². The average Bonchev–Trinajstić information content (AvgIpc) is 2.84. The smallest absolute Gasteiger partial charge is 0.356 e. The Morgan fingerprint density at radius 3 is 2.33 bits per heavy atom. The van der Waals surface area contributed by atoms with E-state index in [1.165, 1.54) is 26.4 Å². The molecule has 4 rings (SSSR count). The summed E-state index contributed by atoms with van der Waals surface area (Å²) in [7, 11) is 3.03. The molecule has 0 bridgehead atoms. The first kappa shape index (κ1) is 22.1. The van der Waals surface area contributed by atoms with Crippen molar-refractivity contribution in [2.24, 2.45) is 0 Å². The number of methoxy groups -OCH3 is 2. The maximum Gasteiger partial charge on any atom is 0.356 e. The minimum Gasteiger partial charge on any atom is -0.497 e. The van der Waals surface area contributed by atoms with Gasteiger partial charge in [-0.05, 0) is 42.0 Å². The van der Waals surface area contributed by atoms with Crippen LogP contribution in [0.25, 0.3) is 28.4 Å². The van der Waals surface area contributed by atoms with E-state index < -0.39 is 11.5 Å². The van der Waals surface area contributed by atoms with Gasteiger partial charge in [0.25, 0.3) is 5.56 Å². The highest BCUT2D eigenvalue weighted by molar-refractivity contribution is 6.32. The van der Waals surface area contributed by atoms with Crippen molar-refractivity contribution in [2.45, 2.75) is 0 Å². The second kappa shape index (κ2) is 9.58. The summed E-state index contributed by atoms with van der Waals surface area (Å²) in [5.74, 6) is 0.326. The van der Waals surface area contributed by atoms with Crippen molar-refractivity contribution >= 4 is 34.5 Å². The molecule has 0 aliphatic heterocycles. The van der Waals surface area contributed by atoms with E-state index >= 15 is 0 Å². The topological polar surface area (TPSA) is 79.7 Å². The molecule has 3 aromatic carbocycles. The lowest BCUT2D eigenvalue weighted by atomic mass is 10.1. The number of rotatable bonds is 6. The fraction of sp³-hybridized carbons (Fsp3) is 0.0800. The maximum atomic E-state index is 13.2. The largest absolute Gasteiger partial charge is 0.497 e. The summed E-state index contributed by atoms with van der Waals surface area (Å²) < 4.78 is 11.5. The Balaban J connectivity index is 1.82. The average molecular weight is 463 g/mol. The number of aromatic nitrogens is 2. The highest BCUT2D eigenvalue weighted by Gasteiger charge is 2.18. The summed E-state index contributed by atoms with van der Waals surface area (Å²) in [6.45, 7) is 0. The van der Waals surface area contributed by atoms with Crippen LogP contribution in [-0.2, 0) is 4.79 Å². The van der Waals surface area contributed by atoms with Gasteiger partial charge < -0.3 is 14.3 Å². The predicted molar refractivity (Wildman–Crippen MR) is 127 cm³/mol. The number of fused-ring (bicyclic) bond motifs is 1. The molecule has 0 radical (unpaired) electrons. The van der Waals surface area contributed by atoms with Gasteiger partial charge in [-0.1, -0.05) is 41.9 Å². The number of halogens is 1. The molecule has 0 unspecified atom stereocenters. The Bertz CT molecular complexity index is 1410. The van der Waals surface area contributed by atoms with E-state index in [1.807, 2.05) is 0 Å². The number of ether oxygens (including phenoxy) is 2. The summed E-state index contributed by atoms with van der Waals surface area (Å²) in [4.78, 5) is 35.9. The van der Waals surface area contributed by atoms with E-state index in [2.05, 4.69) is 4.98 Å². The highest BCUT2D eigenvalue weighted by Crippen LogP contribution is 2.29. The van der Waals surface area contributed by atoms with Crippen LogP contribution in [0.2, 0.25) is 5.02 Å². The molecule has 1 heterocycles. The molecule has 0 amide bonds. The second-order valence-electron chi connectivity index (χ2n) is 6.92. The number of nitrogens with zero attached hydrogens (tertiary/aromatic N) is 2. The molecule has 7 nitrogen and oxygen atoms in total. The molecule has 0 aliphatic carbocycles. The SMILES string of the molecule is COc1cc(OC)cc(-c2nc3ccccc3c(=O)n2OC(=O)/C=C/c2ccccc2Cl)c1. The Labute approximate surface area is 194 Å². The molecule has 4 aromatic rings. The van der Waals surface area contributed by atoms with E-state index in [0.29, 0.717) is 38.6 Å². The van der Waals surface area contributed by atoms with Crippen molar-refractivity contribution in [3.63, 3.8) is 0 Å². The van der Waals surface area contributed by atoms with Gasteiger partial charge in [0, 0.05) is 22.7 Å². The van der Waals surface area contributed by atoms with Crippen LogP contribution in [0, 0.1) is 0 Å². The predicted octanol–water partition coefficient (Wildman–Crippen LogP) is 4.40. The Morgan fingerprint density at radius 1 is 0.970 bits per heavy atom. The zero-order chi connectivity index (χ0) is 23.4. The Morgan fingerprint density at radius 2 is 1.64 bits per heavy atom. The number of hydrogen-bond acceptors (Lipinski definition) is 6. The van der Waals surface area contributed by atoms with Crippen molar-refractivity contribution in [2.75, 3.05) is 14.2 Å². The number of benzene rings is 3. The molecule has 166 valence electrons. The first-order chi connectivity index (χ1) is 16.0. The quantitative estimate of drug-likeness (QED) is 0.395. The summed E-state index contributed by atoms with van der Waals surface area (Å²) in [6.07, 6.45) is 2.71. The van der Waals surface area contributed by atoms with Gasteiger partial charge in [-0.3, -0.25) is 4.79 Å². The second-order valence-corrected chi connectivity index (χ2v) is 7.33. The monoisotopic (exact) mass is 462 g/mol. The molecule has 0 fully saturated rings. The van der Waals surface area contributed by atoms with E-state index in [-0.39, 0.29) is 5.82 Å². The zero-order valence-corrected chi connectivity index (χ0v) is 18.6. The van der Waals surface area contributed by atoms with E-state index in [9.17, 15) is 9.59 Å². The molecular weight excluding hydrogens is 444 g/mol. The molecular formula is C25H19ClN2O5. The van der Waals surface area contributed by atoms with Gasteiger partial charge in [0.15, 0.2) is 5.82 Å². The van der Waals surface area contributed by atoms with Crippen LogP contribution in [0.5, 0.6) is 11.5 Å². The third kappa shape index (κ3) is 4.73. The van der Waals surface area contributed by atoms with Gasteiger partial charge in [-0.2, -0.15) is 0 Å². The molecule has 0 N–H and O–H groups in total. The van der Waals surface area contributed by atoms with Crippen molar-refractivity contribution < 1.29 is 19.1 Å². The van der Waals surface area contributed by atoms with Gasteiger partial charge in [0.1, 0.15) is 11.5 Å². The molecule has 0 atom stereocenters. The molecule has 0 saturated carbocycles. The van der Waals surface area contributed by atoms with Gasteiger partial charge >= 0.3 is 5.97 Å². The Kier molecular flexibility index (Phi) is 6.42. The minimum atomic E-state index is -0.773. The van der Waals surface area contributed by atoms with Crippen LogP contribution in [0.3, 0.4) is 0 Å². The summed E-state index contributed by atoms with van der Waals surface area (Å²) in [6, 6.07) is 18.9. The first-order valence-electron chi connectivity index (χ1n) is 9.90. The molecule has 0 aliphatic rings. The van der Waals surface area contributed by atoms with Gasteiger partial charge in [0.05, 0.1) is 25.1 Å². The van der Waals surface area contributed by atoms with Crippen LogP contribution in [0.15, 0.2) is 77.6 Å². The summed E-state index contributed by atoms with van der Waals surface area (Å²) in [5.41, 5.74) is 1.03. The molecule has 0 spiro atoms. The lowest BCUT2D eigenvalue weighted by molar-refractivity contribution is -0.138. The van der Waals surface area contributed by atoms with Crippen LogP contribution >= 0.6 is 11.6 Å². The van der Waals surface area contributed by atoms with Crippen LogP contribution < -0.4 is 19.9 Å². The van der Waals surface area contributed by atoms with Crippen LogP contribution in [0.4, 0.5) is 0 Å². The normalized spacial score (nSPS) is 11.0. The number of carbonyl (C=O) groups excluding carboxylic acids is 1. The molecule has 0 saturated heterocycles. The lowest BCUT2D eigenvalue weighted by Gasteiger charge is -2.14. The standard InChI is InChI=1S/C25H19ClN2O5/c1-31-18-13-17(14-19(15-18)32-2)24-27-22-10-6-4-8-20(22)25(30)28(24)33-23(29)12-11-16-7-3-5-9-21(16)26/h3-15H,1-2H3/b12-11+. The van der Waals surface area contributed by atoms with Crippen molar-refractivity contribution in [3.05, 3.63) is 93.7 Å². The summed E-state index contributed by atoms with van der Waals surface area (Å²) >= 11 is 6.13. The molecule has 1 aromatic heterocycles. The zero-order valence-electron chi connectivity index (χ0n) is 17.8. The van der Waals surface area contributed by atoms with Gasteiger partial charge in [-0.25, -0.2) is 9.78 Å². The molecule has 33 heavy (non-hydrogen) atoms. The van der Waals surface area contributed by atoms with Crippen molar-refractivity contribution in [1.82, 2.24) is 9.71 Å². The fourth-order valence-electron chi connectivity index (χ4n) is 3.21. The van der Waals surface area contributed by atoms with Gasteiger partial charge in [-0.15, -0.1) is 4.73 Å². The first-order valence-corrected chi connectivity index (χ1v) is 10.3. The number of para-hydroxylation sites is 1. The lowest BCUT2D eigenvalue weighted by Crippen LogP contribution is -2.32. The Hall–Kier alpha value is -4.10. The number of hydrogen-bond donors (Lipinski definition) is 0. The van der Waals surface area contributed by atoms with E-state index in [0.717, 1.165) is 4.73 Å². The van der Waals surface area contributed by atoms with Crippen molar-refractivity contribution in [3.8, 4) is 22.9 Å². The van der Waals surface area contributed by atoms with Crippen LogP contribution in [0.1, 0.15) is 5.56 Å². The fourth-order valence-corrected chi connectivity index (χ4v) is 3.41. The van der Waals surface area contributed by atoms with E-state index in [4.69, 9.17) is 25.9 Å². The van der Waals surface area contributed by atoms with Gasteiger partial charge in [0.2, 0.25) is 0 Å². The van der Waals surface area contributed by atoms with Crippen LogP contribution in [-0.4, -0.2) is 29.9 Å².